The van der Waals surface area contributed by atoms with Gasteiger partial charge in [0.1, 0.15) is 17.2 Å². The minimum absolute atomic E-state index is 0.0283. The van der Waals surface area contributed by atoms with Gasteiger partial charge in [0.15, 0.2) is 5.52 Å². The maximum Gasteiger partial charge on any atom is 0.395 e. The van der Waals surface area contributed by atoms with Crippen LogP contribution in [0, 0.1) is 12.3 Å². The Balaban J connectivity index is 1.45. The molecule has 11 heteroatoms. The van der Waals surface area contributed by atoms with Gasteiger partial charge >= 0.3 is 6.18 Å². The third kappa shape index (κ3) is 3.06. The highest BCUT2D eigenvalue weighted by Crippen LogP contribution is 2.90. The van der Waals surface area contributed by atoms with Crippen molar-refractivity contribution in [2.24, 2.45) is 19.5 Å². The van der Waals surface area contributed by atoms with Crippen LogP contribution >= 0.6 is 0 Å². The summed E-state index contributed by atoms with van der Waals surface area (Å²) in [4.78, 5) is 38.6. The molecular formula is C24H24F3N5O3. The van der Waals surface area contributed by atoms with Gasteiger partial charge in [-0.1, -0.05) is 0 Å². The normalized spacial score (nSPS) is 29.8. The van der Waals surface area contributed by atoms with Crippen LogP contribution < -0.4 is 11.1 Å². The molecule has 2 atom stereocenters. The lowest BCUT2D eigenvalue weighted by molar-refractivity contribution is -0.167. The van der Waals surface area contributed by atoms with E-state index in [4.69, 9.17) is 9.72 Å². The Morgan fingerprint density at radius 1 is 1.09 bits per heavy atom. The first-order valence-corrected chi connectivity index (χ1v) is 11.6. The number of ether oxygens (including phenoxy) is 1. The fourth-order valence-electron chi connectivity index (χ4n) is 5.61. The van der Waals surface area contributed by atoms with Gasteiger partial charge in [0.2, 0.25) is 5.56 Å². The van der Waals surface area contributed by atoms with E-state index in [-0.39, 0.29) is 47.2 Å². The molecule has 6 rings (SSSR count). The number of alkyl halides is 3. The first-order chi connectivity index (χ1) is 16.5. The first kappa shape index (κ1) is 22.4. The third-order valence-electron chi connectivity index (χ3n) is 8.17. The van der Waals surface area contributed by atoms with Gasteiger partial charge in [-0.15, -0.1) is 0 Å². The number of halogens is 3. The van der Waals surface area contributed by atoms with Crippen molar-refractivity contribution in [1.82, 2.24) is 24.1 Å². The molecule has 4 heterocycles. The fourth-order valence-corrected chi connectivity index (χ4v) is 5.61. The van der Waals surface area contributed by atoms with Gasteiger partial charge in [-0.25, -0.2) is 15.0 Å². The van der Waals surface area contributed by atoms with Crippen molar-refractivity contribution in [1.29, 1.82) is 0 Å². The smallest absolute Gasteiger partial charge is 0.373 e. The van der Waals surface area contributed by atoms with Crippen molar-refractivity contribution in [2.75, 3.05) is 6.61 Å². The van der Waals surface area contributed by atoms with Crippen LogP contribution in [0.5, 0.6) is 0 Å². The summed E-state index contributed by atoms with van der Waals surface area (Å²) in [5.41, 5.74) is -2.09. The van der Waals surface area contributed by atoms with Crippen LogP contribution in [0.2, 0.25) is 0 Å². The van der Waals surface area contributed by atoms with E-state index in [2.05, 4.69) is 9.97 Å². The van der Waals surface area contributed by atoms with Gasteiger partial charge in [-0.2, -0.15) is 13.2 Å². The largest absolute Gasteiger partial charge is 0.395 e. The minimum atomic E-state index is -4.33. The van der Waals surface area contributed by atoms with Crippen LogP contribution in [-0.2, 0) is 24.2 Å². The molecule has 184 valence electrons. The molecule has 0 spiro atoms. The van der Waals surface area contributed by atoms with E-state index in [0.29, 0.717) is 31.1 Å². The quantitative estimate of drug-likeness (QED) is 0.564. The predicted molar refractivity (Wildman–Crippen MR) is 119 cm³/mol. The zero-order chi connectivity index (χ0) is 24.9. The van der Waals surface area contributed by atoms with Crippen molar-refractivity contribution in [3.8, 4) is 0 Å². The second kappa shape index (κ2) is 6.99. The van der Waals surface area contributed by atoms with E-state index >= 15 is 0 Å². The Morgan fingerprint density at radius 2 is 1.83 bits per heavy atom. The fraction of sp³-hybridized carbons (Fsp3) is 0.542. The predicted octanol–water partition coefficient (Wildman–Crippen LogP) is 2.96. The summed E-state index contributed by atoms with van der Waals surface area (Å²) in [7, 11) is 3.23. The molecule has 0 bridgehead atoms. The highest BCUT2D eigenvalue weighted by molar-refractivity contribution is 5.79. The molecular weight excluding hydrogens is 463 g/mol. The summed E-state index contributed by atoms with van der Waals surface area (Å²) >= 11 is 0. The number of nitrogens with zero attached hydrogens (tertiary/aromatic N) is 5. The average Bonchev–Trinajstić information content (AvgIpc) is 3.67. The topological polar surface area (TPSA) is 91.9 Å². The molecule has 35 heavy (non-hydrogen) atoms. The lowest BCUT2D eigenvalue weighted by atomic mass is 9.91. The zero-order valence-corrected chi connectivity index (χ0v) is 19.5. The second-order valence-electron chi connectivity index (χ2n) is 10.2. The lowest BCUT2D eigenvalue weighted by Crippen LogP contribution is -2.26. The zero-order valence-electron chi connectivity index (χ0n) is 19.5. The van der Waals surface area contributed by atoms with Crippen molar-refractivity contribution in [3.63, 3.8) is 0 Å². The Morgan fingerprint density at radius 3 is 2.49 bits per heavy atom. The van der Waals surface area contributed by atoms with Gasteiger partial charge in [0.25, 0.3) is 5.56 Å². The van der Waals surface area contributed by atoms with E-state index in [9.17, 15) is 22.8 Å². The number of aryl methyl sites for hydroxylation is 2. The number of fused-ring (bicyclic) bond motifs is 2. The number of hydrogen-bond acceptors (Lipinski definition) is 6. The molecule has 1 aliphatic heterocycles. The Kier molecular flexibility index (Phi) is 4.47. The maximum atomic E-state index is 13.8. The molecule has 1 saturated heterocycles. The molecule has 3 fully saturated rings. The van der Waals surface area contributed by atoms with Gasteiger partial charge < -0.3 is 9.30 Å². The van der Waals surface area contributed by atoms with Crippen LogP contribution in [0.15, 0.2) is 27.9 Å². The SMILES string of the molecule is Cc1nc2c(C34CC3(C(F)(F)F)C4)nc(C3CCOC(c4ccc(=O)n(C)c4)C3)nc2c(=O)n1C. The molecule has 2 unspecified atom stereocenters. The van der Waals surface area contributed by atoms with E-state index in [1.54, 1.807) is 33.3 Å². The van der Waals surface area contributed by atoms with Crippen LogP contribution in [0.4, 0.5) is 13.2 Å². The molecule has 2 aliphatic carbocycles. The Bertz CT molecular complexity index is 1500. The molecule has 0 amide bonds. The molecule has 3 aliphatic rings. The summed E-state index contributed by atoms with van der Waals surface area (Å²) in [5, 5.41) is 0. The summed E-state index contributed by atoms with van der Waals surface area (Å²) in [5.74, 6) is 0.545. The van der Waals surface area contributed by atoms with Crippen LogP contribution in [0.25, 0.3) is 11.0 Å². The lowest BCUT2D eigenvalue weighted by Gasteiger charge is -2.29. The summed E-state index contributed by atoms with van der Waals surface area (Å²) < 4.78 is 50.2. The van der Waals surface area contributed by atoms with Crippen LogP contribution in [-0.4, -0.2) is 36.9 Å². The molecule has 3 aromatic heterocycles. The Labute approximate surface area is 197 Å². The van der Waals surface area contributed by atoms with Crippen molar-refractivity contribution in [3.05, 3.63) is 61.9 Å². The molecule has 3 aromatic rings. The number of pyridine rings is 1. The average molecular weight is 487 g/mol. The summed E-state index contributed by atoms with van der Waals surface area (Å²) in [6, 6.07) is 3.19. The highest BCUT2D eigenvalue weighted by Gasteiger charge is 2.94. The van der Waals surface area contributed by atoms with Crippen molar-refractivity contribution in [2.45, 2.75) is 56.2 Å². The van der Waals surface area contributed by atoms with Crippen LogP contribution in [0.3, 0.4) is 0 Å². The highest BCUT2D eigenvalue weighted by atomic mass is 19.4. The molecule has 8 nitrogen and oxygen atoms in total. The van der Waals surface area contributed by atoms with Gasteiger partial charge in [0.05, 0.1) is 17.2 Å². The standard InChI is InChI=1S/C24H24F3N5O3/c1-12-28-17-18(21(34)32(12)3)29-20(30-19(17)22-10-23(22,11-22)24(25,26)27)13-6-7-35-15(8-13)14-4-5-16(33)31(2)9-14/h4-5,9,13,15H,6-8,10-11H2,1-3H3. The minimum Gasteiger partial charge on any atom is -0.373 e. The first-order valence-electron chi connectivity index (χ1n) is 11.6. The number of aromatic nitrogens is 5. The van der Waals surface area contributed by atoms with Gasteiger partial charge in [0, 0.05) is 44.3 Å². The van der Waals surface area contributed by atoms with E-state index in [1.807, 2.05) is 0 Å². The van der Waals surface area contributed by atoms with E-state index in [0.717, 1.165) is 5.56 Å². The van der Waals surface area contributed by atoms with Gasteiger partial charge in [-0.3, -0.25) is 14.2 Å². The van der Waals surface area contributed by atoms with Crippen molar-refractivity contribution < 1.29 is 17.9 Å². The second-order valence-corrected chi connectivity index (χ2v) is 10.2. The summed E-state index contributed by atoms with van der Waals surface area (Å²) in [6.45, 7) is 2.04. The molecule has 0 N–H and O–H groups in total. The third-order valence-corrected chi connectivity index (χ3v) is 8.17. The summed E-state index contributed by atoms with van der Waals surface area (Å²) in [6.07, 6.45) is -1.93. The molecule has 0 radical (unpaired) electrons. The number of hydrogen-bond donors (Lipinski definition) is 0. The maximum absolute atomic E-state index is 13.8. The van der Waals surface area contributed by atoms with E-state index < -0.39 is 22.6 Å². The Hall–Kier alpha value is -3.08. The molecule has 0 aromatic carbocycles. The monoisotopic (exact) mass is 487 g/mol. The molecule has 2 saturated carbocycles. The number of rotatable bonds is 3. The van der Waals surface area contributed by atoms with Gasteiger partial charge in [-0.05, 0) is 44.2 Å². The van der Waals surface area contributed by atoms with Crippen LogP contribution in [0.1, 0.15) is 60.6 Å². The van der Waals surface area contributed by atoms with E-state index in [1.165, 1.54) is 15.2 Å². The van der Waals surface area contributed by atoms with Crippen molar-refractivity contribution >= 4 is 11.0 Å².